The van der Waals surface area contributed by atoms with Crippen LogP contribution in [0.25, 0.3) is 17.3 Å². The van der Waals surface area contributed by atoms with Gasteiger partial charge in [0.2, 0.25) is 11.8 Å². The molecule has 2 heterocycles. The Hall–Kier alpha value is -3.19. The molecule has 150 valence electrons. The van der Waals surface area contributed by atoms with Crippen molar-refractivity contribution in [1.82, 2.24) is 10.3 Å². The Morgan fingerprint density at radius 3 is 2.72 bits per heavy atom. The number of aryl methyl sites for hydroxylation is 3. The number of furan rings is 1. The van der Waals surface area contributed by atoms with Gasteiger partial charge < -0.3 is 15.1 Å². The number of aromatic nitrogens is 1. The van der Waals surface area contributed by atoms with E-state index in [4.69, 9.17) is 4.42 Å². The summed E-state index contributed by atoms with van der Waals surface area (Å²) in [6.07, 6.45) is 4.64. The van der Waals surface area contributed by atoms with Crippen molar-refractivity contribution in [3.05, 3.63) is 64.4 Å². The lowest BCUT2D eigenvalue weighted by atomic mass is 9.99. The smallest absolute Gasteiger partial charge is 0.244 e. The molecule has 0 radical (unpaired) electrons. The number of rotatable bonds is 7. The first-order valence-corrected chi connectivity index (χ1v) is 10.1. The Bertz CT molecular complexity index is 1040. The highest BCUT2D eigenvalue weighted by molar-refractivity contribution is 7.14. The Kier molecular flexibility index (Phi) is 6.61. The lowest BCUT2D eigenvalue weighted by molar-refractivity contribution is -0.117. The molecule has 0 fully saturated rings. The number of carbonyl (C=O) groups is 2. The molecule has 3 aromatic rings. The fourth-order valence-corrected chi connectivity index (χ4v) is 3.50. The van der Waals surface area contributed by atoms with Crippen LogP contribution in [0.5, 0.6) is 0 Å². The summed E-state index contributed by atoms with van der Waals surface area (Å²) in [7, 11) is 0. The molecule has 1 aromatic carbocycles. The van der Waals surface area contributed by atoms with E-state index in [2.05, 4.69) is 48.5 Å². The zero-order chi connectivity index (χ0) is 20.8. The second kappa shape index (κ2) is 9.34. The maximum Gasteiger partial charge on any atom is 0.244 e. The molecule has 29 heavy (non-hydrogen) atoms. The van der Waals surface area contributed by atoms with Crippen LogP contribution in [0.15, 0.2) is 46.4 Å². The normalized spacial score (nSPS) is 11.0. The second-order valence-electron chi connectivity index (χ2n) is 6.73. The number of nitrogens with one attached hydrogen (secondary N) is 2. The summed E-state index contributed by atoms with van der Waals surface area (Å²) in [5.41, 5.74) is 5.53. The number of anilines is 1. The summed E-state index contributed by atoms with van der Waals surface area (Å²) in [6.45, 7) is 6.46. The number of carbonyl (C=O) groups excluding carboxylic acids is 2. The van der Waals surface area contributed by atoms with Crippen LogP contribution in [0.3, 0.4) is 0 Å². The maximum absolute atomic E-state index is 12.1. The molecule has 7 heteroatoms. The molecule has 0 spiro atoms. The van der Waals surface area contributed by atoms with Gasteiger partial charge in [-0.3, -0.25) is 9.59 Å². The number of benzene rings is 1. The molecule has 2 aromatic heterocycles. The van der Waals surface area contributed by atoms with Gasteiger partial charge in [-0.2, -0.15) is 0 Å². The molecule has 0 bridgehead atoms. The van der Waals surface area contributed by atoms with E-state index in [1.54, 1.807) is 18.2 Å². The predicted octanol–water partition coefficient (Wildman–Crippen LogP) is 4.49. The average molecular weight is 410 g/mol. The van der Waals surface area contributed by atoms with Gasteiger partial charge in [0.1, 0.15) is 5.76 Å². The Morgan fingerprint density at radius 1 is 1.17 bits per heavy atom. The molecular formula is C22H23N3O3S. The summed E-state index contributed by atoms with van der Waals surface area (Å²) >= 11 is 1.39. The third-order valence-corrected chi connectivity index (χ3v) is 5.22. The standard InChI is InChI=1S/C22H23N3O3S/c1-14-11-16(3)18(12-15(14)2)19-13-29-22(24-19)25-21(27)8-9-23-20(26)7-6-17-5-4-10-28-17/h4-7,10-13H,8-9H2,1-3H3,(H,23,26)(H,24,25,27)/b7-6+. The van der Waals surface area contributed by atoms with E-state index >= 15 is 0 Å². The van der Waals surface area contributed by atoms with E-state index < -0.39 is 0 Å². The topological polar surface area (TPSA) is 84.2 Å². The van der Waals surface area contributed by atoms with Crippen LogP contribution >= 0.6 is 11.3 Å². The third-order valence-electron chi connectivity index (χ3n) is 4.46. The van der Waals surface area contributed by atoms with E-state index in [0.29, 0.717) is 10.9 Å². The van der Waals surface area contributed by atoms with Gasteiger partial charge in [0.25, 0.3) is 0 Å². The van der Waals surface area contributed by atoms with Crippen molar-refractivity contribution in [2.24, 2.45) is 0 Å². The highest BCUT2D eigenvalue weighted by atomic mass is 32.1. The Balaban J connectivity index is 1.49. The lowest BCUT2D eigenvalue weighted by Gasteiger charge is -2.07. The van der Waals surface area contributed by atoms with Crippen LogP contribution in [-0.4, -0.2) is 23.3 Å². The molecule has 0 aliphatic carbocycles. The van der Waals surface area contributed by atoms with Crippen molar-refractivity contribution in [2.45, 2.75) is 27.2 Å². The molecule has 0 saturated carbocycles. The molecule has 3 rings (SSSR count). The summed E-state index contributed by atoms with van der Waals surface area (Å²) in [4.78, 5) is 28.4. The van der Waals surface area contributed by atoms with Gasteiger partial charge in [-0.25, -0.2) is 4.98 Å². The molecule has 6 nitrogen and oxygen atoms in total. The second-order valence-corrected chi connectivity index (χ2v) is 7.59. The van der Waals surface area contributed by atoms with Crippen LogP contribution in [0, 0.1) is 20.8 Å². The van der Waals surface area contributed by atoms with Gasteiger partial charge in [0.05, 0.1) is 12.0 Å². The average Bonchev–Trinajstić information content (AvgIpc) is 3.35. The van der Waals surface area contributed by atoms with E-state index in [-0.39, 0.29) is 24.8 Å². The van der Waals surface area contributed by atoms with Gasteiger partial charge in [-0.05, 0) is 61.7 Å². The zero-order valence-corrected chi connectivity index (χ0v) is 17.4. The molecular weight excluding hydrogens is 386 g/mol. The fourth-order valence-electron chi connectivity index (χ4n) is 2.78. The summed E-state index contributed by atoms with van der Waals surface area (Å²) < 4.78 is 5.11. The minimum Gasteiger partial charge on any atom is -0.465 e. The number of hydrogen-bond donors (Lipinski definition) is 2. The van der Waals surface area contributed by atoms with Gasteiger partial charge in [0, 0.05) is 30.0 Å². The number of hydrogen-bond acceptors (Lipinski definition) is 5. The van der Waals surface area contributed by atoms with Crippen molar-refractivity contribution in [2.75, 3.05) is 11.9 Å². The van der Waals surface area contributed by atoms with Crippen LogP contribution in [0.2, 0.25) is 0 Å². The first kappa shape index (κ1) is 20.5. The quantitative estimate of drug-likeness (QED) is 0.563. The summed E-state index contributed by atoms with van der Waals surface area (Å²) in [6, 6.07) is 7.76. The van der Waals surface area contributed by atoms with Gasteiger partial charge in [-0.1, -0.05) is 6.07 Å². The monoisotopic (exact) mass is 409 g/mol. The minimum absolute atomic E-state index is 0.165. The first-order valence-electron chi connectivity index (χ1n) is 9.25. The summed E-state index contributed by atoms with van der Waals surface area (Å²) in [5, 5.41) is 7.94. The number of nitrogens with zero attached hydrogens (tertiary/aromatic N) is 1. The third kappa shape index (κ3) is 5.65. The molecule has 0 aliphatic heterocycles. The number of thiazole rings is 1. The predicted molar refractivity (Wildman–Crippen MR) is 116 cm³/mol. The van der Waals surface area contributed by atoms with Crippen LogP contribution in [0.4, 0.5) is 5.13 Å². The molecule has 0 aliphatic rings. The SMILES string of the molecule is Cc1cc(C)c(-c2csc(NC(=O)CCNC(=O)/C=C/c3ccco3)n2)cc1C. The highest BCUT2D eigenvalue weighted by Crippen LogP contribution is 2.29. The largest absolute Gasteiger partial charge is 0.465 e. The van der Waals surface area contributed by atoms with Crippen molar-refractivity contribution in [1.29, 1.82) is 0 Å². The van der Waals surface area contributed by atoms with E-state index in [0.717, 1.165) is 16.8 Å². The van der Waals surface area contributed by atoms with Gasteiger partial charge >= 0.3 is 0 Å². The van der Waals surface area contributed by atoms with E-state index in [1.165, 1.54) is 34.8 Å². The number of amides is 2. The van der Waals surface area contributed by atoms with E-state index in [9.17, 15) is 9.59 Å². The van der Waals surface area contributed by atoms with E-state index in [1.807, 2.05) is 5.38 Å². The van der Waals surface area contributed by atoms with Crippen molar-refractivity contribution in [3.8, 4) is 11.3 Å². The van der Waals surface area contributed by atoms with Crippen molar-refractivity contribution in [3.63, 3.8) is 0 Å². The Morgan fingerprint density at radius 2 is 1.97 bits per heavy atom. The van der Waals surface area contributed by atoms with Gasteiger partial charge in [0.15, 0.2) is 5.13 Å². The highest BCUT2D eigenvalue weighted by Gasteiger charge is 2.11. The fraction of sp³-hybridized carbons (Fsp3) is 0.227. The van der Waals surface area contributed by atoms with Crippen LogP contribution in [-0.2, 0) is 9.59 Å². The lowest BCUT2D eigenvalue weighted by Crippen LogP contribution is -2.26. The zero-order valence-electron chi connectivity index (χ0n) is 16.6. The Labute approximate surface area is 173 Å². The molecule has 0 saturated heterocycles. The minimum atomic E-state index is -0.282. The summed E-state index contributed by atoms with van der Waals surface area (Å²) in [5.74, 6) is 0.116. The van der Waals surface area contributed by atoms with Crippen LogP contribution in [0.1, 0.15) is 28.9 Å². The van der Waals surface area contributed by atoms with Gasteiger partial charge in [-0.15, -0.1) is 11.3 Å². The van der Waals surface area contributed by atoms with Crippen molar-refractivity contribution >= 4 is 34.4 Å². The molecule has 2 N–H and O–H groups in total. The molecule has 0 unspecified atom stereocenters. The van der Waals surface area contributed by atoms with Crippen LogP contribution < -0.4 is 10.6 Å². The molecule has 0 atom stereocenters. The molecule has 2 amide bonds. The maximum atomic E-state index is 12.1. The first-order chi connectivity index (χ1) is 13.9. The van der Waals surface area contributed by atoms with Crippen molar-refractivity contribution < 1.29 is 14.0 Å².